The maximum atomic E-state index is 3.45. The predicted molar refractivity (Wildman–Crippen MR) is 99.1 cm³/mol. The second kappa shape index (κ2) is 5.98. The Morgan fingerprint density at radius 2 is 1.13 bits per heavy atom. The number of nitrogens with one attached hydrogen (secondary N) is 1. The minimum Gasteiger partial charge on any atom is -0.356 e. The van der Waals surface area contributed by atoms with Gasteiger partial charge in [-0.3, -0.25) is 0 Å². The minimum atomic E-state index is 1.10. The molecule has 4 rings (SSSR count). The van der Waals surface area contributed by atoms with Crippen LogP contribution in [-0.4, -0.2) is 0 Å². The van der Waals surface area contributed by atoms with Crippen LogP contribution in [0, 0.1) is 0 Å². The third-order valence-electron chi connectivity index (χ3n) is 4.01. The first kappa shape index (κ1) is 13.6. The second-order valence-corrected chi connectivity index (χ2v) is 5.63. The van der Waals surface area contributed by atoms with Gasteiger partial charge in [0.25, 0.3) is 0 Å². The van der Waals surface area contributed by atoms with Crippen molar-refractivity contribution in [3.05, 3.63) is 97.1 Å². The Bertz CT molecular complexity index is 942. The molecule has 0 aliphatic heterocycles. The van der Waals surface area contributed by atoms with E-state index in [1.54, 1.807) is 0 Å². The molecule has 0 atom stereocenters. The molecule has 0 aliphatic rings. The van der Waals surface area contributed by atoms with Gasteiger partial charge in [0.2, 0.25) is 0 Å². The fraction of sp³-hybridized carbons (Fsp3) is 0. The molecule has 0 radical (unpaired) electrons. The first-order valence-corrected chi connectivity index (χ1v) is 7.80. The van der Waals surface area contributed by atoms with Crippen LogP contribution >= 0.6 is 0 Å². The minimum absolute atomic E-state index is 1.10. The molecule has 0 aromatic heterocycles. The molecule has 1 nitrogen and oxygen atoms in total. The van der Waals surface area contributed by atoms with Crippen molar-refractivity contribution in [1.82, 2.24) is 0 Å². The van der Waals surface area contributed by atoms with E-state index in [1.165, 1.54) is 21.9 Å². The van der Waals surface area contributed by atoms with E-state index in [9.17, 15) is 0 Å². The molecule has 0 fully saturated rings. The second-order valence-electron chi connectivity index (χ2n) is 5.63. The molecule has 0 saturated heterocycles. The fourth-order valence-corrected chi connectivity index (χ4v) is 2.83. The molecule has 4 aromatic rings. The lowest BCUT2D eigenvalue weighted by Gasteiger charge is -2.09. The Morgan fingerprint density at radius 1 is 0.435 bits per heavy atom. The van der Waals surface area contributed by atoms with E-state index in [-0.39, 0.29) is 0 Å². The molecular weight excluding hydrogens is 278 g/mol. The Morgan fingerprint density at radius 3 is 2.00 bits per heavy atom. The maximum Gasteiger partial charge on any atom is 0.0390 e. The summed E-state index contributed by atoms with van der Waals surface area (Å²) >= 11 is 0. The summed E-state index contributed by atoms with van der Waals surface area (Å²) in [6.45, 7) is 0. The van der Waals surface area contributed by atoms with Crippen LogP contribution in [0.2, 0.25) is 0 Å². The SMILES string of the molecule is c1ccc(Nc2cccc(-c3ccc4ccccc4c3)c2)cc1. The van der Waals surface area contributed by atoms with Gasteiger partial charge in [-0.15, -0.1) is 0 Å². The van der Waals surface area contributed by atoms with Crippen LogP contribution in [0.3, 0.4) is 0 Å². The van der Waals surface area contributed by atoms with Crippen LogP contribution in [0.4, 0.5) is 11.4 Å². The number of benzene rings is 4. The van der Waals surface area contributed by atoms with Crippen LogP contribution in [0.25, 0.3) is 21.9 Å². The van der Waals surface area contributed by atoms with Gasteiger partial charge in [-0.1, -0.05) is 66.7 Å². The number of rotatable bonds is 3. The molecule has 1 N–H and O–H groups in total. The highest BCUT2D eigenvalue weighted by atomic mass is 14.9. The average molecular weight is 295 g/mol. The summed E-state index contributed by atoms with van der Waals surface area (Å²) < 4.78 is 0. The van der Waals surface area contributed by atoms with Gasteiger partial charge in [-0.05, 0) is 52.2 Å². The number of fused-ring (bicyclic) bond motifs is 1. The molecule has 0 spiro atoms. The molecular formula is C22H17N. The van der Waals surface area contributed by atoms with E-state index in [0.29, 0.717) is 0 Å². The zero-order valence-corrected chi connectivity index (χ0v) is 12.7. The van der Waals surface area contributed by atoms with E-state index >= 15 is 0 Å². The van der Waals surface area contributed by atoms with Gasteiger partial charge in [0.1, 0.15) is 0 Å². The maximum absolute atomic E-state index is 3.45. The molecule has 4 aromatic carbocycles. The first-order valence-electron chi connectivity index (χ1n) is 7.80. The lowest BCUT2D eigenvalue weighted by atomic mass is 10.0. The van der Waals surface area contributed by atoms with Crippen LogP contribution in [0.15, 0.2) is 97.1 Å². The molecule has 23 heavy (non-hydrogen) atoms. The molecule has 0 unspecified atom stereocenters. The largest absolute Gasteiger partial charge is 0.356 e. The van der Waals surface area contributed by atoms with Crippen LogP contribution < -0.4 is 5.32 Å². The molecule has 0 bridgehead atoms. The van der Waals surface area contributed by atoms with Crippen molar-refractivity contribution in [3.63, 3.8) is 0 Å². The van der Waals surface area contributed by atoms with Crippen LogP contribution in [0.5, 0.6) is 0 Å². The normalized spacial score (nSPS) is 10.6. The van der Waals surface area contributed by atoms with Gasteiger partial charge in [-0.2, -0.15) is 0 Å². The highest BCUT2D eigenvalue weighted by molar-refractivity contribution is 5.87. The van der Waals surface area contributed by atoms with E-state index in [4.69, 9.17) is 0 Å². The van der Waals surface area contributed by atoms with Crippen molar-refractivity contribution in [2.24, 2.45) is 0 Å². The summed E-state index contributed by atoms with van der Waals surface area (Å²) in [6.07, 6.45) is 0. The Balaban J connectivity index is 1.69. The summed E-state index contributed by atoms with van der Waals surface area (Å²) in [5.41, 5.74) is 4.65. The number of hydrogen-bond donors (Lipinski definition) is 1. The zero-order chi connectivity index (χ0) is 15.5. The third kappa shape index (κ3) is 2.95. The van der Waals surface area contributed by atoms with Crippen molar-refractivity contribution >= 4 is 22.1 Å². The molecule has 110 valence electrons. The van der Waals surface area contributed by atoms with Crippen LogP contribution in [0.1, 0.15) is 0 Å². The quantitative estimate of drug-likeness (QED) is 0.471. The van der Waals surface area contributed by atoms with Gasteiger partial charge >= 0.3 is 0 Å². The zero-order valence-electron chi connectivity index (χ0n) is 12.7. The summed E-state index contributed by atoms with van der Waals surface area (Å²) in [5, 5.41) is 5.99. The fourth-order valence-electron chi connectivity index (χ4n) is 2.83. The van der Waals surface area contributed by atoms with Crippen molar-refractivity contribution in [2.45, 2.75) is 0 Å². The molecule has 0 saturated carbocycles. The summed E-state index contributed by atoms with van der Waals surface area (Å²) in [6, 6.07) is 33.9. The highest BCUT2D eigenvalue weighted by Crippen LogP contribution is 2.27. The summed E-state index contributed by atoms with van der Waals surface area (Å²) in [4.78, 5) is 0. The summed E-state index contributed by atoms with van der Waals surface area (Å²) in [5.74, 6) is 0. The van der Waals surface area contributed by atoms with Crippen LogP contribution in [-0.2, 0) is 0 Å². The van der Waals surface area contributed by atoms with Crippen molar-refractivity contribution < 1.29 is 0 Å². The molecule has 0 aliphatic carbocycles. The van der Waals surface area contributed by atoms with Gasteiger partial charge in [0, 0.05) is 11.4 Å². The first-order chi connectivity index (χ1) is 11.4. The van der Waals surface area contributed by atoms with Gasteiger partial charge < -0.3 is 5.32 Å². The van der Waals surface area contributed by atoms with Gasteiger partial charge in [-0.25, -0.2) is 0 Å². The Hall–Kier alpha value is -3.06. The molecule has 0 heterocycles. The smallest absolute Gasteiger partial charge is 0.0390 e. The van der Waals surface area contributed by atoms with Crippen molar-refractivity contribution in [2.75, 3.05) is 5.32 Å². The topological polar surface area (TPSA) is 12.0 Å². The van der Waals surface area contributed by atoms with Gasteiger partial charge in [0.05, 0.1) is 0 Å². The highest BCUT2D eigenvalue weighted by Gasteiger charge is 2.01. The van der Waals surface area contributed by atoms with E-state index in [1.807, 2.05) is 18.2 Å². The molecule has 1 heteroatoms. The lowest BCUT2D eigenvalue weighted by molar-refractivity contribution is 1.54. The number of anilines is 2. The Kier molecular flexibility index (Phi) is 3.53. The average Bonchev–Trinajstić information content (AvgIpc) is 2.62. The lowest BCUT2D eigenvalue weighted by Crippen LogP contribution is -1.90. The van der Waals surface area contributed by atoms with E-state index in [0.717, 1.165) is 11.4 Å². The van der Waals surface area contributed by atoms with E-state index < -0.39 is 0 Å². The number of para-hydroxylation sites is 1. The van der Waals surface area contributed by atoms with E-state index in [2.05, 4.69) is 84.2 Å². The monoisotopic (exact) mass is 295 g/mol. The standard InChI is InChI=1S/C22H17N/c1-2-10-21(11-3-1)23-22-12-6-9-19(16-22)20-14-13-17-7-4-5-8-18(17)15-20/h1-16,23H. The molecule has 0 amide bonds. The van der Waals surface area contributed by atoms with Gasteiger partial charge in [0.15, 0.2) is 0 Å². The van der Waals surface area contributed by atoms with Crippen molar-refractivity contribution in [3.8, 4) is 11.1 Å². The Labute approximate surface area is 136 Å². The predicted octanol–water partition coefficient (Wildman–Crippen LogP) is 6.25. The third-order valence-corrected chi connectivity index (χ3v) is 4.01. The summed E-state index contributed by atoms with van der Waals surface area (Å²) in [7, 11) is 0. The number of hydrogen-bond acceptors (Lipinski definition) is 1. The van der Waals surface area contributed by atoms with Crippen molar-refractivity contribution in [1.29, 1.82) is 0 Å².